The van der Waals surface area contributed by atoms with Gasteiger partial charge in [-0.25, -0.2) is 4.79 Å². The van der Waals surface area contributed by atoms with Crippen molar-refractivity contribution in [1.82, 2.24) is 0 Å². The maximum atomic E-state index is 12.1. The van der Waals surface area contributed by atoms with Crippen LogP contribution in [0.15, 0.2) is 34.7 Å². The summed E-state index contributed by atoms with van der Waals surface area (Å²) in [5.74, 6) is -0.344. The zero-order valence-electron chi connectivity index (χ0n) is 13.1. The third-order valence-electron chi connectivity index (χ3n) is 3.23. The number of ether oxygens (including phenoxy) is 1. The molecule has 0 saturated heterocycles. The highest BCUT2D eigenvalue weighted by Crippen LogP contribution is 2.17. The van der Waals surface area contributed by atoms with E-state index in [-0.39, 0.29) is 11.7 Å². The van der Waals surface area contributed by atoms with Crippen LogP contribution in [0.25, 0.3) is 0 Å². The van der Waals surface area contributed by atoms with Crippen LogP contribution in [-0.2, 0) is 9.53 Å². The summed E-state index contributed by atoms with van der Waals surface area (Å²) >= 11 is 0. The van der Waals surface area contributed by atoms with E-state index < -0.39 is 12.1 Å². The molecule has 0 spiro atoms. The maximum Gasteiger partial charge on any atom is 0.375 e. The molecule has 2 aromatic rings. The number of aryl methyl sites for hydroxylation is 3. The van der Waals surface area contributed by atoms with E-state index >= 15 is 0 Å². The molecule has 116 valence electrons. The normalized spacial score (nSPS) is 11.8. The summed E-state index contributed by atoms with van der Waals surface area (Å²) in [4.78, 5) is 23.9. The molecule has 1 N–H and O–H groups in total. The van der Waals surface area contributed by atoms with E-state index in [1.54, 1.807) is 13.0 Å². The molecule has 0 aliphatic rings. The summed E-state index contributed by atoms with van der Waals surface area (Å²) in [6, 6.07) is 8.89. The summed E-state index contributed by atoms with van der Waals surface area (Å²) in [5, 5.41) is 2.75. The van der Waals surface area contributed by atoms with Crippen LogP contribution in [0.1, 0.15) is 34.4 Å². The lowest BCUT2D eigenvalue weighted by molar-refractivity contribution is -0.123. The van der Waals surface area contributed by atoms with Crippen LogP contribution in [0.2, 0.25) is 0 Å². The molecule has 0 saturated carbocycles. The maximum absolute atomic E-state index is 12.1. The van der Waals surface area contributed by atoms with Crippen molar-refractivity contribution in [3.8, 4) is 0 Å². The lowest BCUT2D eigenvalue weighted by Crippen LogP contribution is -2.30. The Morgan fingerprint density at radius 2 is 1.86 bits per heavy atom. The molecule has 1 amide bonds. The first-order chi connectivity index (χ1) is 10.4. The van der Waals surface area contributed by atoms with Crippen molar-refractivity contribution < 1.29 is 18.7 Å². The van der Waals surface area contributed by atoms with E-state index in [2.05, 4.69) is 5.32 Å². The Morgan fingerprint density at radius 3 is 2.45 bits per heavy atom. The number of anilines is 1. The minimum atomic E-state index is -0.918. The first kappa shape index (κ1) is 15.8. The van der Waals surface area contributed by atoms with Gasteiger partial charge in [-0.2, -0.15) is 0 Å². The minimum absolute atomic E-state index is 0.0867. The molecule has 1 heterocycles. The summed E-state index contributed by atoms with van der Waals surface area (Å²) in [7, 11) is 0. The van der Waals surface area contributed by atoms with Crippen LogP contribution >= 0.6 is 0 Å². The van der Waals surface area contributed by atoms with E-state index in [9.17, 15) is 9.59 Å². The average Bonchev–Trinajstić information content (AvgIpc) is 2.88. The van der Waals surface area contributed by atoms with Crippen molar-refractivity contribution in [2.24, 2.45) is 0 Å². The van der Waals surface area contributed by atoms with Gasteiger partial charge in [-0.1, -0.05) is 17.7 Å². The number of hydrogen-bond acceptors (Lipinski definition) is 4. The van der Waals surface area contributed by atoms with Crippen molar-refractivity contribution in [3.63, 3.8) is 0 Å². The molecule has 5 heteroatoms. The average molecular weight is 301 g/mol. The molecule has 5 nitrogen and oxygen atoms in total. The van der Waals surface area contributed by atoms with Gasteiger partial charge in [0.2, 0.25) is 5.76 Å². The number of nitrogens with one attached hydrogen (secondary N) is 1. The van der Waals surface area contributed by atoms with Crippen molar-refractivity contribution in [2.75, 3.05) is 5.32 Å². The summed E-state index contributed by atoms with van der Waals surface area (Å²) in [6.45, 7) is 7.14. The molecule has 1 aromatic heterocycles. The molecule has 0 aliphatic heterocycles. The Morgan fingerprint density at radius 1 is 1.14 bits per heavy atom. The third kappa shape index (κ3) is 3.75. The first-order valence-electron chi connectivity index (χ1n) is 7.02. The van der Waals surface area contributed by atoms with Crippen LogP contribution in [-0.4, -0.2) is 18.0 Å². The SMILES string of the molecule is Cc1ccc(NC(=O)C(C)OC(=O)c2ccc(C)o2)c(C)c1. The zero-order chi connectivity index (χ0) is 16.3. The first-order valence-corrected chi connectivity index (χ1v) is 7.02. The van der Waals surface area contributed by atoms with Gasteiger partial charge in [-0.3, -0.25) is 4.79 Å². The largest absolute Gasteiger partial charge is 0.454 e. The topological polar surface area (TPSA) is 68.5 Å². The summed E-state index contributed by atoms with van der Waals surface area (Å²) in [6.07, 6.45) is -0.918. The van der Waals surface area contributed by atoms with Crippen LogP contribution in [0.4, 0.5) is 5.69 Å². The Labute approximate surface area is 129 Å². The smallest absolute Gasteiger partial charge is 0.375 e. The number of furan rings is 1. The number of hydrogen-bond donors (Lipinski definition) is 1. The van der Waals surface area contributed by atoms with E-state index in [0.29, 0.717) is 11.4 Å². The lowest BCUT2D eigenvalue weighted by atomic mass is 10.1. The Balaban J connectivity index is 1.98. The molecule has 0 bridgehead atoms. The second kappa shape index (κ2) is 6.47. The molecule has 0 radical (unpaired) electrons. The highest BCUT2D eigenvalue weighted by molar-refractivity contribution is 5.97. The Kier molecular flexibility index (Phi) is 4.65. The molecule has 0 aliphatic carbocycles. The van der Waals surface area contributed by atoms with Crippen molar-refractivity contribution >= 4 is 17.6 Å². The molecule has 1 atom stereocenters. The number of rotatable bonds is 4. The number of amides is 1. The number of esters is 1. The summed E-state index contributed by atoms with van der Waals surface area (Å²) < 4.78 is 10.3. The van der Waals surface area contributed by atoms with Crippen molar-refractivity contribution in [2.45, 2.75) is 33.8 Å². The monoisotopic (exact) mass is 301 g/mol. The van der Waals surface area contributed by atoms with E-state index in [4.69, 9.17) is 9.15 Å². The van der Waals surface area contributed by atoms with Gasteiger partial charge in [-0.05, 0) is 51.5 Å². The van der Waals surface area contributed by atoms with Gasteiger partial charge in [0.1, 0.15) is 5.76 Å². The number of benzene rings is 1. The molecule has 1 aromatic carbocycles. The predicted molar refractivity (Wildman–Crippen MR) is 82.9 cm³/mol. The van der Waals surface area contributed by atoms with Crippen molar-refractivity contribution in [3.05, 3.63) is 53.0 Å². The molecule has 2 rings (SSSR count). The standard InChI is InChI=1S/C17H19NO4/c1-10-5-7-14(11(2)9-10)18-16(19)13(4)22-17(20)15-8-6-12(3)21-15/h5-9,13H,1-4H3,(H,18,19). The van der Waals surface area contributed by atoms with Gasteiger partial charge in [0.25, 0.3) is 5.91 Å². The van der Waals surface area contributed by atoms with Crippen LogP contribution in [0.3, 0.4) is 0 Å². The number of carbonyl (C=O) groups is 2. The quantitative estimate of drug-likeness (QED) is 0.879. The van der Waals surface area contributed by atoms with Gasteiger partial charge < -0.3 is 14.5 Å². The molecular weight excluding hydrogens is 282 g/mol. The van der Waals surface area contributed by atoms with Crippen LogP contribution < -0.4 is 5.32 Å². The molecular formula is C17H19NO4. The molecule has 1 unspecified atom stereocenters. The molecule has 22 heavy (non-hydrogen) atoms. The van der Waals surface area contributed by atoms with Crippen LogP contribution in [0, 0.1) is 20.8 Å². The van der Waals surface area contributed by atoms with E-state index in [0.717, 1.165) is 11.1 Å². The second-order valence-corrected chi connectivity index (χ2v) is 5.27. The van der Waals surface area contributed by atoms with E-state index in [1.165, 1.54) is 13.0 Å². The van der Waals surface area contributed by atoms with Gasteiger partial charge in [-0.15, -0.1) is 0 Å². The van der Waals surface area contributed by atoms with Gasteiger partial charge in [0.05, 0.1) is 0 Å². The highest BCUT2D eigenvalue weighted by Gasteiger charge is 2.21. The lowest BCUT2D eigenvalue weighted by Gasteiger charge is -2.14. The summed E-state index contributed by atoms with van der Waals surface area (Å²) in [5.41, 5.74) is 2.77. The zero-order valence-corrected chi connectivity index (χ0v) is 13.1. The fraction of sp³-hybridized carbons (Fsp3) is 0.294. The molecule has 0 fully saturated rings. The van der Waals surface area contributed by atoms with Gasteiger partial charge in [0.15, 0.2) is 6.10 Å². The van der Waals surface area contributed by atoms with Crippen molar-refractivity contribution in [1.29, 1.82) is 0 Å². The van der Waals surface area contributed by atoms with Gasteiger partial charge in [0, 0.05) is 5.69 Å². The van der Waals surface area contributed by atoms with E-state index in [1.807, 2.05) is 32.0 Å². The minimum Gasteiger partial charge on any atom is -0.454 e. The highest BCUT2D eigenvalue weighted by atomic mass is 16.6. The fourth-order valence-corrected chi connectivity index (χ4v) is 2.00. The van der Waals surface area contributed by atoms with Gasteiger partial charge >= 0.3 is 5.97 Å². The van der Waals surface area contributed by atoms with Crippen LogP contribution in [0.5, 0.6) is 0 Å². The second-order valence-electron chi connectivity index (χ2n) is 5.27. The fourth-order valence-electron chi connectivity index (χ4n) is 2.00. The number of carbonyl (C=O) groups excluding carboxylic acids is 2. The third-order valence-corrected chi connectivity index (χ3v) is 3.23. The Hall–Kier alpha value is -2.56. The Bertz CT molecular complexity index is 702. The predicted octanol–water partition coefficient (Wildman–Crippen LogP) is 3.39.